The molecular formula is C16H25N5O2. The molecule has 3 heterocycles. The standard InChI is InChI=1S/C16H25N5O2/c1-11(2)10-21-12-13(19(3)16(23)18-14(12)22)17-15(21)20-8-6-4-5-7-9-20/h10,12-13H,4-9H2,1-3H3,(H,18,22,23). The molecule has 0 aromatic rings. The molecule has 1 N–H and O–H groups in total. The number of fused-ring (bicyclic) bond motifs is 1. The van der Waals surface area contributed by atoms with E-state index in [1.807, 2.05) is 24.9 Å². The second kappa shape index (κ2) is 6.22. The van der Waals surface area contributed by atoms with Gasteiger partial charge >= 0.3 is 6.03 Å². The van der Waals surface area contributed by atoms with E-state index in [0.717, 1.165) is 37.5 Å². The van der Waals surface area contributed by atoms with E-state index in [2.05, 4.69) is 10.2 Å². The van der Waals surface area contributed by atoms with Crippen molar-refractivity contribution < 1.29 is 9.59 Å². The second-order valence-corrected chi connectivity index (χ2v) is 6.71. The van der Waals surface area contributed by atoms with Gasteiger partial charge in [-0.15, -0.1) is 0 Å². The summed E-state index contributed by atoms with van der Waals surface area (Å²) >= 11 is 0. The summed E-state index contributed by atoms with van der Waals surface area (Å²) in [4.78, 5) is 34.8. The normalized spacial score (nSPS) is 28.1. The Kier molecular flexibility index (Phi) is 4.28. The third-order valence-corrected chi connectivity index (χ3v) is 4.56. The van der Waals surface area contributed by atoms with Crippen molar-refractivity contribution >= 4 is 17.9 Å². The Morgan fingerprint density at radius 3 is 2.43 bits per heavy atom. The fourth-order valence-electron chi connectivity index (χ4n) is 3.40. The maximum atomic E-state index is 12.4. The van der Waals surface area contributed by atoms with E-state index in [9.17, 15) is 9.59 Å². The molecule has 126 valence electrons. The van der Waals surface area contributed by atoms with Crippen LogP contribution < -0.4 is 5.32 Å². The molecule has 23 heavy (non-hydrogen) atoms. The van der Waals surface area contributed by atoms with E-state index in [1.54, 1.807) is 7.05 Å². The average Bonchev–Trinajstić information content (AvgIpc) is 2.69. The van der Waals surface area contributed by atoms with Crippen LogP contribution >= 0.6 is 0 Å². The number of likely N-dealkylation sites (N-methyl/N-ethyl adjacent to an activating group) is 1. The molecule has 0 radical (unpaired) electrons. The first kappa shape index (κ1) is 15.8. The summed E-state index contributed by atoms with van der Waals surface area (Å²) < 4.78 is 0. The first-order chi connectivity index (χ1) is 11.0. The first-order valence-corrected chi connectivity index (χ1v) is 8.33. The molecule has 0 spiro atoms. The number of nitrogens with zero attached hydrogens (tertiary/aromatic N) is 4. The van der Waals surface area contributed by atoms with Gasteiger partial charge in [0.1, 0.15) is 0 Å². The molecule has 7 heteroatoms. The highest BCUT2D eigenvalue weighted by atomic mass is 16.2. The molecule has 0 aromatic carbocycles. The fraction of sp³-hybridized carbons (Fsp3) is 0.688. The summed E-state index contributed by atoms with van der Waals surface area (Å²) in [6, 6.07) is -0.861. The minimum absolute atomic E-state index is 0.274. The van der Waals surface area contributed by atoms with E-state index < -0.39 is 12.2 Å². The minimum atomic E-state index is -0.481. The predicted octanol–water partition coefficient (Wildman–Crippen LogP) is 1.33. The SMILES string of the molecule is CC(C)=CN1C(N2CCCCCC2)=NC2C1C(=O)NC(=O)N2C. The van der Waals surface area contributed by atoms with Crippen molar-refractivity contribution in [3.63, 3.8) is 0 Å². The van der Waals surface area contributed by atoms with E-state index in [1.165, 1.54) is 17.7 Å². The number of likely N-dealkylation sites (tertiary alicyclic amines) is 1. The summed E-state index contributed by atoms with van der Waals surface area (Å²) in [5, 5.41) is 2.42. The molecule has 0 aliphatic carbocycles. The maximum Gasteiger partial charge on any atom is 0.325 e. The smallest absolute Gasteiger partial charge is 0.325 e. The zero-order valence-corrected chi connectivity index (χ0v) is 14.1. The number of allylic oxidation sites excluding steroid dienone is 1. The predicted molar refractivity (Wildman–Crippen MR) is 87.6 cm³/mol. The highest BCUT2D eigenvalue weighted by Crippen LogP contribution is 2.27. The third kappa shape index (κ3) is 2.92. The van der Waals surface area contributed by atoms with Crippen molar-refractivity contribution in [2.24, 2.45) is 4.99 Å². The summed E-state index contributed by atoms with van der Waals surface area (Å²) in [5.74, 6) is 0.545. The molecule has 0 saturated carbocycles. The van der Waals surface area contributed by atoms with Crippen molar-refractivity contribution in [1.82, 2.24) is 20.0 Å². The molecule has 3 aliphatic rings. The first-order valence-electron chi connectivity index (χ1n) is 8.33. The van der Waals surface area contributed by atoms with Crippen LogP contribution in [0.4, 0.5) is 4.79 Å². The molecule has 0 aromatic heterocycles. The zero-order chi connectivity index (χ0) is 16.6. The number of urea groups is 1. The molecule has 0 bridgehead atoms. The quantitative estimate of drug-likeness (QED) is 0.792. The van der Waals surface area contributed by atoms with Crippen molar-refractivity contribution in [1.29, 1.82) is 0 Å². The summed E-state index contributed by atoms with van der Waals surface area (Å²) in [6.07, 6.45) is 6.26. The zero-order valence-electron chi connectivity index (χ0n) is 14.1. The van der Waals surface area contributed by atoms with E-state index >= 15 is 0 Å². The van der Waals surface area contributed by atoms with Crippen LogP contribution in [0.15, 0.2) is 16.8 Å². The summed E-state index contributed by atoms with van der Waals surface area (Å²) in [5.41, 5.74) is 1.10. The minimum Gasteiger partial charge on any atom is -0.342 e. The van der Waals surface area contributed by atoms with Gasteiger partial charge in [0.15, 0.2) is 12.2 Å². The van der Waals surface area contributed by atoms with Gasteiger partial charge in [0.05, 0.1) is 0 Å². The van der Waals surface area contributed by atoms with Gasteiger partial charge in [0, 0.05) is 26.3 Å². The van der Waals surface area contributed by atoms with Crippen LogP contribution in [0.25, 0.3) is 0 Å². The van der Waals surface area contributed by atoms with Crippen LogP contribution in [0, 0.1) is 0 Å². The van der Waals surface area contributed by atoms with E-state index in [-0.39, 0.29) is 11.9 Å². The van der Waals surface area contributed by atoms with Crippen molar-refractivity contribution in [2.75, 3.05) is 20.1 Å². The van der Waals surface area contributed by atoms with Gasteiger partial charge in [-0.1, -0.05) is 18.4 Å². The van der Waals surface area contributed by atoms with Crippen LogP contribution in [0.2, 0.25) is 0 Å². The Hall–Kier alpha value is -2.05. The van der Waals surface area contributed by atoms with Crippen LogP contribution in [-0.4, -0.2) is 64.9 Å². The van der Waals surface area contributed by atoms with Crippen molar-refractivity contribution in [2.45, 2.75) is 51.7 Å². The Labute approximate surface area is 137 Å². The van der Waals surface area contributed by atoms with E-state index in [4.69, 9.17) is 4.99 Å². The van der Waals surface area contributed by atoms with Crippen LogP contribution in [0.5, 0.6) is 0 Å². The second-order valence-electron chi connectivity index (χ2n) is 6.71. The molecule has 2 saturated heterocycles. The highest BCUT2D eigenvalue weighted by molar-refractivity contribution is 6.04. The number of aliphatic imine (C=N–C) groups is 1. The number of carbonyl (C=O) groups excluding carboxylic acids is 2. The monoisotopic (exact) mass is 319 g/mol. The van der Waals surface area contributed by atoms with Crippen molar-refractivity contribution in [3.8, 4) is 0 Å². The molecule has 3 aliphatic heterocycles. The van der Waals surface area contributed by atoms with Gasteiger partial charge in [-0.3, -0.25) is 10.1 Å². The van der Waals surface area contributed by atoms with Crippen LogP contribution in [-0.2, 0) is 4.79 Å². The number of hydrogen-bond acceptors (Lipinski definition) is 5. The maximum absolute atomic E-state index is 12.4. The molecule has 2 atom stereocenters. The van der Waals surface area contributed by atoms with Gasteiger partial charge in [-0.2, -0.15) is 0 Å². The number of guanidine groups is 1. The number of hydrogen-bond donors (Lipinski definition) is 1. The third-order valence-electron chi connectivity index (χ3n) is 4.56. The number of nitrogens with one attached hydrogen (secondary N) is 1. The molecular weight excluding hydrogens is 294 g/mol. The lowest BCUT2D eigenvalue weighted by atomic mass is 10.1. The lowest BCUT2D eigenvalue weighted by molar-refractivity contribution is -0.126. The fourth-order valence-corrected chi connectivity index (χ4v) is 3.40. The van der Waals surface area contributed by atoms with Gasteiger partial charge < -0.3 is 14.7 Å². The van der Waals surface area contributed by atoms with Gasteiger partial charge in [-0.25, -0.2) is 9.79 Å². The largest absolute Gasteiger partial charge is 0.342 e. The van der Waals surface area contributed by atoms with Crippen molar-refractivity contribution in [3.05, 3.63) is 11.8 Å². The van der Waals surface area contributed by atoms with E-state index in [0.29, 0.717) is 0 Å². The Balaban J connectivity index is 1.96. The molecule has 3 rings (SSSR count). The Morgan fingerprint density at radius 1 is 1.17 bits per heavy atom. The molecule has 7 nitrogen and oxygen atoms in total. The van der Waals surface area contributed by atoms with Crippen LogP contribution in [0.3, 0.4) is 0 Å². The Bertz CT molecular complexity index is 559. The van der Waals surface area contributed by atoms with Gasteiger partial charge in [0.2, 0.25) is 5.96 Å². The highest BCUT2D eigenvalue weighted by Gasteiger charge is 2.49. The van der Waals surface area contributed by atoms with Crippen LogP contribution in [0.1, 0.15) is 39.5 Å². The number of carbonyl (C=O) groups is 2. The molecule has 3 amide bonds. The number of imide groups is 1. The number of rotatable bonds is 1. The summed E-state index contributed by atoms with van der Waals surface area (Å²) in [6.45, 7) is 5.90. The number of amides is 3. The Morgan fingerprint density at radius 2 is 1.83 bits per heavy atom. The lowest BCUT2D eigenvalue weighted by Gasteiger charge is -2.36. The molecule has 2 fully saturated rings. The molecule has 2 unspecified atom stereocenters. The topological polar surface area (TPSA) is 68.2 Å². The average molecular weight is 319 g/mol. The van der Waals surface area contributed by atoms with Gasteiger partial charge in [0.25, 0.3) is 5.91 Å². The lowest BCUT2D eigenvalue weighted by Crippen LogP contribution is -2.63. The van der Waals surface area contributed by atoms with Gasteiger partial charge in [-0.05, 0) is 26.7 Å². The summed E-state index contributed by atoms with van der Waals surface area (Å²) in [7, 11) is 1.69.